The van der Waals surface area contributed by atoms with Crippen molar-refractivity contribution in [1.29, 1.82) is 0 Å². The van der Waals surface area contributed by atoms with Crippen LogP contribution in [0.5, 0.6) is 5.75 Å². The molecule has 1 aliphatic rings. The third-order valence-electron chi connectivity index (χ3n) is 4.66. The Hall–Kier alpha value is -1.06. The highest BCUT2D eigenvalue weighted by Crippen LogP contribution is 2.46. The van der Waals surface area contributed by atoms with Crippen LogP contribution in [0.1, 0.15) is 30.5 Å². The Balaban J connectivity index is 2.62. The van der Waals surface area contributed by atoms with E-state index in [4.69, 9.17) is 9.47 Å². The fourth-order valence-corrected chi connectivity index (χ4v) is 2.98. The van der Waals surface area contributed by atoms with E-state index in [0.717, 1.165) is 19.0 Å². The molecule has 1 aromatic rings. The first-order valence-corrected chi connectivity index (χ1v) is 6.80. The lowest BCUT2D eigenvalue weighted by atomic mass is 9.64. The second kappa shape index (κ2) is 4.80. The van der Waals surface area contributed by atoms with Crippen molar-refractivity contribution in [3.8, 4) is 5.75 Å². The number of methoxy groups -OCH3 is 1. The van der Waals surface area contributed by atoms with E-state index >= 15 is 0 Å². The van der Waals surface area contributed by atoms with Gasteiger partial charge >= 0.3 is 0 Å². The van der Waals surface area contributed by atoms with Crippen molar-refractivity contribution in [3.63, 3.8) is 0 Å². The number of nitrogens with one attached hydrogen (secondary N) is 1. The van der Waals surface area contributed by atoms with Crippen LogP contribution in [0.25, 0.3) is 0 Å². The average Bonchev–Trinajstić information content (AvgIpc) is 2.26. The topological polar surface area (TPSA) is 30.5 Å². The van der Waals surface area contributed by atoms with Crippen LogP contribution in [0, 0.1) is 13.8 Å². The number of ether oxygens (including phenoxy) is 2. The molecule has 0 unspecified atom stereocenters. The molecule has 3 heteroatoms. The second-order valence-corrected chi connectivity index (χ2v) is 6.11. The van der Waals surface area contributed by atoms with Crippen molar-refractivity contribution >= 4 is 0 Å². The number of hydrogen-bond donors (Lipinski definition) is 1. The standard InChI is InChI=1S/C16H25NO2/c1-11-7-12(2)14(18-6)13(8-11)16(9-19-10-16)15(3,4)17-5/h7-8,17H,9-10H2,1-6H3. The lowest BCUT2D eigenvalue weighted by molar-refractivity contribution is -0.0999. The molecule has 2 rings (SSSR count). The van der Waals surface area contributed by atoms with Gasteiger partial charge in [-0.3, -0.25) is 0 Å². The Morgan fingerprint density at radius 2 is 1.89 bits per heavy atom. The summed E-state index contributed by atoms with van der Waals surface area (Å²) in [4.78, 5) is 0. The van der Waals surface area contributed by atoms with E-state index in [1.54, 1.807) is 7.11 Å². The van der Waals surface area contributed by atoms with E-state index in [2.05, 4.69) is 45.1 Å². The van der Waals surface area contributed by atoms with Crippen LogP contribution in [-0.4, -0.2) is 32.9 Å². The van der Waals surface area contributed by atoms with Gasteiger partial charge in [0.1, 0.15) is 5.75 Å². The van der Waals surface area contributed by atoms with Crippen molar-refractivity contribution in [2.45, 2.75) is 38.6 Å². The van der Waals surface area contributed by atoms with Gasteiger partial charge in [0.2, 0.25) is 0 Å². The molecule has 0 atom stereocenters. The van der Waals surface area contributed by atoms with Crippen LogP contribution in [0.15, 0.2) is 12.1 Å². The molecule has 3 nitrogen and oxygen atoms in total. The largest absolute Gasteiger partial charge is 0.496 e. The summed E-state index contributed by atoms with van der Waals surface area (Å²) in [6, 6.07) is 4.41. The highest BCUT2D eigenvalue weighted by atomic mass is 16.5. The van der Waals surface area contributed by atoms with Gasteiger partial charge in [-0.1, -0.05) is 17.7 Å². The zero-order valence-corrected chi connectivity index (χ0v) is 12.9. The highest BCUT2D eigenvalue weighted by Gasteiger charge is 2.53. The zero-order valence-electron chi connectivity index (χ0n) is 12.9. The molecule has 1 fully saturated rings. The maximum Gasteiger partial charge on any atom is 0.125 e. The minimum absolute atomic E-state index is 0.0239. The molecule has 0 saturated carbocycles. The number of benzene rings is 1. The molecule has 0 spiro atoms. The summed E-state index contributed by atoms with van der Waals surface area (Å²) < 4.78 is 11.2. The predicted molar refractivity (Wildman–Crippen MR) is 78.1 cm³/mol. The van der Waals surface area contributed by atoms with E-state index in [1.807, 2.05) is 7.05 Å². The van der Waals surface area contributed by atoms with Gasteiger partial charge in [-0.15, -0.1) is 0 Å². The van der Waals surface area contributed by atoms with Gasteiger partial charge in [0.15, 0.2) is 0 Å². The SMILES string of the molecule is CNC(C)(C)C1(c2cc(C)cc(C)c2OC)COC1. The molecule has 1 aliphatic heterocycles. The molecular weight excluding hydrogens is 238 g/mol. The first-order valence-electron chi connectivity index (χ1n) is 6.80. The van der Waals surface area contributed by atoms with E-state index in [-0.39, 0.29) is 11.0 Å². The summed E-state index contributed by atoms with van der Waals surface area (Å²) in [5, 5.41) is 3.44. The monoisotopic (exact) mass is 263 g/mol. The first-order chi connectivity index (χ1) is 8.88. The van der Waals surface area contributed by atoms with Crippen LogP contribution in [0.4, 0.5) is 0 Å². The Bertz CT molecular complexity index is 476. The van der Waals surface area contributed by atoms with Crippen LogP contribution >= 0.6 is 0 Å². The van der Waals surface area contributed by atoms with Crippen LogP contribution in [-0.2, 0) is 10.2 Å². The van der Waals surface area contributed by atoms with Gasteiger partial charge in [-0.2, -0.15) is 0 Å². The summed E-state index contributed by atoms with van der Waals surface area (Å²) in [7, 11) is 3.76. The van der Waals surface area contributed by atoms with Crippen molar-refractivity contribution < 1.29 is 9.47 Å². The molecule has 0 bridgehead atoms. The molecule has 1 N–H and O–H groups in total. The lowest BCUT2D eigenvalue weighted by Crippen LogP contribution is -2.65. The summed E-state index contributed by atoms with van der Waals surface area (Å²) >= 11 is 0. The third kappa shape index (κ3) is 2.05. The molecule has 0 aromatic heterocycles. The summed E-state index contributed by atoms with van der Waals surface area (Å²) in [6.45, 7) is 10.2. The molecule has 1 heterocycles. The molecule has 106 valence electrons. The first kappa shape index (κ1) is 14.4. The molecule has 0 amide bonds. The van der Waals surface area contributed by atoms with Gasteiger partial charge in [-0.25, -0.2) is 0 Å². The van der Waals surface area contributed by atoms with E-state index in [9.17, 15) is 0 Å². The van der Waals surface area contributed by atoms with E-state index < -0.39 is 0 Å². The Kier molecular flexibility index (Phi) is 3.63. The zero-order chi connectivity index (χ0) is 14.3. The fourth-order valence-electron chi connectivity index (χ4n) is 2.98. The fraction of sp³-hybridized carbons (Fsp3) is 0.625. The average molecular weight is 263 g/mol. The molecule has 0 radical (unpaired) electrons. The second-order valence-electron chi connectivity index (χ2n) is 6.11. The van der Waals surface area contributed by atoms with Crippen LogP contribution < -0.4 is 10.1 Å². The van der Waals surface area contributed by atoms with E-state index in [1.165, 1.54) is 16.7 Å². The number of likely N-dealkylation sites (N-methyl/N-ethyl adjacent to an activating group) is 1. The molecule has 19 heavy (non-hydrogen) atoms. The summed E-state index contributed by atoms with van der Waals surface area (Å²) in [6.07, 6.45) is 0. The molecular formula is C16H25NO2. The van der Waals surface area contributed by atoms with E-state index in [0.29, 0.717) is 0 Å². The predicted octanol–water partition coefficient (Wildman–Crippen LogP) is 2.58. The lowest BCUT2D eigenvalue weighted by Gasteiger charge is -2.53. The maximum atomic E-state index is 5.67. The Labute approximate surface area is 116 Å². The third-order valence-corrected chi connectivity index (χ3v) is 4.66. The summed E-state index contributed by atoms with van der Waals surface area (Å²) in [5.41, 5.74) is 3.66. The van der Waals surface area contributed by atoms with Crippen molar-refractivity contribution in [3.05, 3.63) is 28.8 Å². The minimum Gasteiger partial charge on any atom is -0.496 e. The van der Waals surface area contributed by atoms with Gasteiger partial charge < -0.3 is 14.8 Å². The summed E-state index contributed by atoms with van der Waals surface area (Å²) in [5.74, 6) is 0.997. The van der Waals surface area contributed by atoms with Crippen molar-refractivity contribution in [2.24, 2.45) is 0 Å². The quantitative estimate of drug-likeness (QED) is 0.905. The maximum absolute atomic E-state index is 5.67. The van der Waals surface area contributed by atoms with Gasteiger partial charge in [0, 0.05) is 11.1 Å². The Morgan fingerprint density at radius 3 is 2.32 bits per heavy atom. The molecule has 0 aliphatic carbocycles. The Morgan fingerprint density at radius 1 is 1.26 bits per heavy atom. The smallest absolute Gasteiger partial charge is 0.125 e. The molecule has 1 saturated heterocycles. The number of hydrogen-bond acceptors (Lipinski definition) is 3. The van der Waals surface area contributed by atoms with Crippen molar-refractivity contribution in [1.82, 2.24) is 5.32 Å². The molecule has 1 aromatic carbocycles. The minimum atomic E-state index is -0.0429. The highest BCUT2D eigenvalue weighted by molar-refractivity contribution is 5.50. The van der Waals surface area contributed by atoms with Crippen LogP contribution in [0.3, 0.4) is 0 Å². The van der Waals surface area contributed by atoms with Gasteiger partial charge in [-0.05, 0) is 40.3 Å². The number of rotatable bonds is 4. The van der Waals surface area contributed by atoms with Crippen LogP contribution in [0.2, 0.25) is 0 Å². The van der Waals surface area contributed by atoms with Gasteiger partial charge in [0.05, 0.1) is 25.7 Å². The normalized spacial score (nSPS) is 18.0. The van der Waals surface area contributed by atoms with Crippen molar-refractivity contribution in [2.75, 3.05) is 27.4 Å². The number of aryl methyl sites for hydroxylation is 2. The van der Waals surface area contributed by atoms with Gasteiger partial charge in [0.25, 0.3) is 0 Å².